The standard InChI is InChI=1S/C12H18ClNO2/c1-9(16)5-6-14(2)12-4-3-10(8-15)7-11(12)13/h3-4,7,9,15-16H,5-6,8H2,1-2H3. The second-order valence-corrected chi connectivity index (χ2v) is 4.41. The molecule has 0 amide bonds. The van der Waals surface area contributed by atoms with Crippen LogP contribution in [0.5, 0.6) is 0 Å². The van der Waals surface area contributed by atoms with Crippen LogP contribution < -0.4 is 4.90 Å². The Morgan fingerprint density at radius 1 is 1.44 bits per heavy atom. The van der Waals surface area contributed by atoms with E-state index in [-0.39, 0.29) is 12.7 Å². The maximum absolute atomic E-state index is 9.21. The van der Waals surface area contributed by atoms with Crippen LogP contribution in [-0.2, 0) is 6.61 Å². The minimum absolute atomic E-state index is 0.00259. The number of hydrogen-bond acceptors (Lipinski definition) is 3. The van der Waals surface area contributed by atoms with Crippen LogP contribution in [0.25, 0.3) is 0 Å². The summed E-state index contributed by atoms with van der Waals surface area (Å²) in [6.07, 6.45) is 0.395. The second-order valence-electron chi connectivity index (χ2n) is 4.00. The van der Waals surface area contributed by atoms with Gasteiger partial charge < -0.3 is 15.1 Å². The largest absolute Gasteiger partial charge is 0.393 e. The van der Waals surface area contributed by atoms with Crippen molar-refractivity contribution in [2.24, 2.45) is 0 Å². The number of aliphatic hydroxyl groups is 2. The van der Waals surface area contributed by atoms with Crippen LogP contribution in [0.3, 0.4) is 0 Å². The number of hydrogen-bond donors (Lipinski definition) is 2. The molecule has 0 radical (unpaired) electrons. The maximum Gasteiger partial charge on any atom is 0.0682 e. The first-order chi connectivity index (χ1) is 7.54. The summed E-state index contributed by atoms with van der Waals surface area (Å²) in [5.74, 6) is 0. The summed E-state index contributed by atoms with van der Waals surface area (Å²) >= 11 is 6.10. The van der Waals surface area contributed by atoms with Gasteiger partial charge in [-0.25, -0.2) is 0 Å². The van der Waals surface area contributed by atoms with Crippen LogP contribution in [0.15, 0.2) is 18.2 Å². The average molecular weight is 244 g/mol. The molecule has 1 aromatic rings. The lowest BCUT2D eigenvalue weighted by molar-refractivity contribution is 0.187. The number of nitrogens with zero attached hydrogens (tertiary/aromatic N) is 1. The third kappa shape index (κ3) is 3.67. The zero-order valence-corrected chi connectivity index (χ0v) is 10.4. The molecular formula is C12H18ClNO2. The summed E-state index contributed by atoms with van der Waals surface area (Å²) < 4.78 is 0. The fourth-order valence-electron chi connectivity index (χ4n) is 1.46. The Morgan fingerprint density at radius 3 is 2.62 bits per heavy atom. The monoisotopic (exact) mass is 243 g/mol. The zero-order valence-electron chi connectivity index (χ0n) is 9.65. The molecule has 0 saturated heterocycles. The van der Waals surface area contributed by atoms with Gasteiger partial charge in [0.25, 0.3) is 0 Å². The van der Waals surface area contributed by atoms with E-state index in [1.807, 2.05) is 24.1 Å². The summed E-state index contributed by atoms with van der Waals surface area (Å²) in [6, 6.07) is 5.49. The highest BCUT2D eigenvalue weighted by atomic mass is 35.5. The molecular weight excluding hydrogens is 226 g/mol. The Morgan fingerprint density at radius 2 is 2.12 bits per heavy atom. The smallest absolute Gasteiger partial charge is 0.0682 e. The predicted octanol–water partition coefficient (Wildman–Crippen LogP) is 2.04. The third-order valence-corrected chi connectivity index (χ3v) is 2.79. The first kappa shape index (κ1) is 13.3. The van der Waals surface area contributed by atoms with Crippen molar-refractivity contribution in [2.75, 3.05) is 18.5 Å². The average Bonchev–Trinajstić information content (AvgIpc) is 2.25. The lowest BCUT2D eigenvalue weighted by Crippen LogP contribution is -2.22. The molecule has 0 aromatic heterocycles. The zero-order chi connectivity index (χ0) is 12.1. The van der Waals surface area contributed by atoms with Crippen LogP contribution >= 0.6 is 11.6 Å². The Labute approximate surface area is 101 Å². The van der Waals surface area contributed by atoms with Gasteiger partial charge in [-0.1, -0.05) is 17.7 Å². The van der Waals surface area contributed by atoms with Crippen LogP contribution in [0, 0.1) is 0 Å². The van der Waals surface area contributed by atoms with Gasteiger partial charge in [-0.3, -0.25) is 0 Å². The van der Waals surface area contributed by atoms with Crippen molar-refractivity contribution < 1.29 is 10.2 Å². The molecule has 1 unspecified atom stereocenters. The highest BCUT2D eigenvalue weighted by Gasteiger charge is 2.07. The van der Waals surface area contributed by atoms with E-state index in [0.717, 1.165) is 17.8 Å². The van der Waals surface area contributed by atoms with Gasteiger partial charge in [-0.2, -0.15) is 0 Å². The van der Waals surface area contributed by atoms with Crippen LogP contribution in [0.4, 0.5) is 5.69 Å². The highest BCUT2D eigenvalue weighted by molar-refractivity contribution is 6.33. The van der Waals surface area contributed by atoms with E-state index in [4.69, 9.17) is 16.7 Å². The highest BCUT2D eigenvalue weighted by Crippen LogP contribution is 2.26. The number of aliphatic hydroxyl groups excluding tert-OH is 2. The van der Waals surface area contributed by atoms with Crippen molar-refractivity contribution in [1.82, 2.24) is 0 Å². The lowest BCUT2D eigenvalue weighted by Gasteiger charge is -2.21. The Balaban J connectivity index is 2.71. The summed E-state index contributed by atoms with van der Waals surface area (Å²) in [4.78, 5) is 2.00. The molecule has 3 nitrogen and oxygen atoms in total. The van der Waals surface area contributed by atoms with Gasteiger partial charge >= 0.3 is 0 Å². The number of halogens is 1. The summed E-state index contributed by atoms with van der Waals surface area (Å²) in [6.45, 7) is 2.51. The number of rotatable bonds is 5. The molecule has 2 N–H and O–H groups in total. The van der Waals surface area contributed by atoms with Gasteiger partial charge in [0.15, 0.2) is 0 Å². The van der Waals surface area contributed by atoms with Gasteiger partial charge in [0.05, 0.1) is 23.4 Å². The molecule has 0 heterocycles. The minimum atomic E-state index is -0.307. The quantitative estimate of drug-likeness (QED) is 0.832. The second kappa shape index (κ2) is 6.09. The van der Waals surface area contributed by atoms with E-state index in [1.54, 1.807) is 13.0 Å². The summed E-state index contributed by atoms with van der Waals surface area (Å²) in [5, 5.41) is 18.8. The van der Waals surface area contributed by atoms with E-state index in [9.17, 15) is 5.11 Å². The van der Waals surface area contributed by atoms with Gasteiger partial charge in [0, 0.05) is 13.6 Å². The van der Waals surface area contributed by atoms with Crippen molar-refractivity contribution in [3.05, 3.63) is 28.8 Å². The topological polar surface area (TPSA) is 43.7 Å². The first-order valence-corrected chi connectivity index (χ1v) is 5.71. The maximum atomic E-state index is 9.21. The van der Waals surface area contributed by atoms with E-state index in [2.05, 4.69) is 0 Å². The number of benzene rings is 1. The normalized spacial score (nSPS) is 12.6. The molecule has 1 aromatic carbocycles. The van der Waals surface area contributed by atoms with Crippen LogP contribution in [0.2, 0.25) is 5.02 Å². The van der Waals surface area contributed by atoms with E-state index < -0.39 is 0 Å². The van der Waals surface area contributed by atoms with Crippen LogP contribution in [-0.4, -0.2) is 29.9 Å². The fourth-order valence-corrected chi connectivity index (χ4v) is 1.81. The molecule has 0 spiro atoms. The molecule has 0 aliphatic rings. The van der Waals surface area contributed by atoms with Crippen molar-refractivity contribution >= 4 is 17.3 Å². The van der Waals surface area contributed by atoms with Gasteiger partial charge in [0.2, 0.25) is 0 Å². The van der Waals surface area contributed by atoms with Gasteiger partial charge in [-0.05, 0) is 31.0 Å². The fraction of sp³-hybridized carbons (Fsp3) is 0.500. The molecule has 16 heavy (non-hydrogen) atoms. The molecule has 0 fully saturated rings. The summed E-state index contributed by atoms with van der Waals surface area (Å²) in [7, 11) is 1.93. The Kier molecular flexibility index (Phi) is 5.06. The molecule has 0 aliphatic heterocycles. The molecule has 4 heteroatoms. The first-order valence-electron chi connectivity index (χ1n) is 5.33. The van der Waals surface area contributed by atoms with Crippen LogP contribution in [0.1, 0.15) is 18.9 Å². The molecule has 90 valence electrons. The third-order valence-electron chi connectivity index (χ3n) is 2.49. The summed E-state index contributed by atoms with van der Waals surface area (Å²) in [5.41, 5.74) is 1.72. The van der Waals surface area contributed by atoms with Crippen molar-refractivity contribution in [3.8, 4) is 0 Å². The Bertz CT molecular complexity index is 342. The number of anilines is 1. The van der Waals surface area contributed by atoms with E-state index in [0.29, 0.717) is 11.4 Å². The van der Waals surface area contributed by atoms with Crippen molar-refractivity contribution in [3.63, 3.8) is 0 Å². The van der Waals surface area contributed by atoms with Crippen molar-refractivity contribution in [1.29, 1.82) is 0 Å². The molecule has 0 aliphatic carbocycles. The van der Waals surface area contributed by atoms with E-state index in [1.165, 1.54) is 0 Å². The Hall–Kier alpha value is -0.770. The van der Waals surface area contributed by atoms with Crippen molar-refractivity contribution in [2.45, 2.75) is 26.1 Å². The molecule has 0 saturated carbocycles. The SMILES string of the molecule is CC(O)CCN(C)c1ccc(CO)cc1Cl. The molecule has 1 atom stereocenters. The van der Waals surface area contributed by atoms with Gasteiger partial charge in [0.1, 0.15) is 0 Å². The lowest BCUT2D eigenvalue weighted by atomic mass is 10.2. The van der Waals surface area contributed by atoms with E-state index >= 15 is 0 Å². The van der Waals surface area contributed by atoms with Gasteiger partial charge in [-0.15, -0.1) is 0 Å². The minimum Gasteiger partial charge on any atom is -0.393 e. The molecule has 1 rings (SSSR count). The predicted molar refractivity (Wildman–Crippen MR) is 66.9 cm³/mol. The molecule has 0 bridgehead atoms.